The molecule has 6 amide bonds. The molecule has 18 N–H and O–H groups in total. The van der Waals surface area contributed by atoms with E-state index in [0.717, 1.165) is 32.8 Å². The fourth-order valence-electron chi connectivity index (χ4n) is 12.8. The molecule has 3 aliphatic rings. The lowest BCUT2D eigenvalue weighted by atomic mass is 9.92. The van der Waals surface area contributed by atoms with Crippen molar-refractivity contribution < 1.29 is 141 Å². The highest BCUT2D eigenvalue weighted by molar-refractivity contribution is 7.47. The number of ether oxygens (including phenoxy) is 7. The molecule has 17 atom stereocenters. The Kier molecular flexibility index (Phi) is 63.0. The Labute approximate surface area is 685 Å². The SMILES string of the molecule is CC.COCCC(=O)CCCC(=O)NCCCCC(C(=O)CCCCNC(=O)CCCCCO[C@@H]1OC(CO)[C@H](O)[C@H](O)C1C)N(CC(=O)CCCCNC(=O)CCCCCO[C@@H]1OC(CO)[C@H](O)[C@H](O)C1NC(C)=O)CC(=O)NCCCNC(=O)CCCCCO[C@@H]1OC(CO)[C@H](O)[C@H](O)C1C.COP(=O)(O)OCCCCCCN. The molecule has 0 bridgehead atoms. The average molecular weight is 1690 g/mol. The van der Waals surface area contributed by atoms with E-state index in [1.807, 2.05) is 13.8 Å². The van der Waals surface area contributed by atoms with Gasteiger partial charge >= 0.3 is 7.82 Å². The van der Waals surface area contributed by atoms with Crippen molar-refractivity contribution in [3.05, 3.63) is 0 Å². The van der Waals surface area contributed by atoms with Crippen LogP contribution in [-0.4, -0.2) is 314 Å². The van der Waals surface area contributed by atoms with E-state index in [1.165, 1.54) is 14.0 Å². The van der Waals surface area contributed by atoms with Crippen LogP contribution in [-0.2, 0) is 89.9 Å². The number of nitrogens with one attached hydrogen (secondary N) is 6. The van der Waals surface area contributed by atoms with Crippen LogP contribution in [0.4, 0.5) is 0 Å². The molecule has 38 heteroatoms. The second kappa shape index (κ2) is 66.9. The predicted molar refractivity (Wildman–Crippen MR) is 426 cm³/mol. The maximum Gasteiger partial charge on any atom is 0.471 e. The number of nitrogens with two attached hydrogens (primary N) is 1. The summed E-state index contributed by atoms with van der Waals surface area (Å²) in [5.74, 6) is -3.20. The highest BCUT2D eigenvalue weighted by Gasteiger charge is 2.46. The van der Waals surface area contributed by atoms with Crippen LogP contribution in [0.1, 0.15) is 227 Å². The van der Waals surface area contributed by atoms with Gasteiger partial charge in [0.05, 0.1) is 64.4 Å². The van der Waals surface area contributed by atoms with Crippen molar-refractivity contribution in [2.75, 3.05) is 119 Å². The van der Waals surface area contributed by atoms with E-state index in [-0.39, 0.29) is 164 Å². The summed E-state index contributed by atoms with van der Waals surface area (Å²) in [6.45, 7) is 9.79. The van der Waals surface area contributed by atoms with Gasteiger partial charge < -0.3 is 122 Å². The average Bonchev–Trinajstić information content (AvgIpc) is 0.584. The molecule has 3 heterocycles. The number of carbonyl (C=O) groups is 9. The number of aliphatic hydroxyl groups is 9. The molecule has 3 rings (SSSR count). The summed E-state index contributed by atoms with van der Waals surface area (Å²) in [4.78, 5) is 127. The van der Waals surface area contributed by atoms with Gasteiger partial charge in [-0.05, 0) is 116 Å². The van der Waals surface area contributed by atoms with Gasteiger partial charge in [-0.25, -0.2) is 4.57 Å². The Bertz CT molecular complexity index is 2720. The van der Waals surface area contributed by atoms with Crippen molar-refractivity contribution in [3.8, 4) is 0 Å². The fourth-order valence-corrected chi connectivity index (χ4v) is 13.3. The maximum atomic E-state index is 14.4. The maximum absolute atomic E-state index is 14.4. The van der Waals surface area contributed by atoms with Crippen LogP contribution in [0.5, 0.6) is 0 Å². The first-order chi connectivity index (χ1) is 55.6. The molecule has 0 spiro atoms. The van der Waals surface area contributed by atoms with Gasteiger partial charge in [-0.1, -0.05) is 59.8 Å². The number of ketones is 3. The molecule has 0 aromatic carbocycles. The number of rotatable bonds is 65. The number of hydrogen-bond acceptors (Lipinski definition) is 30. The van der Waals surface area contributed by atoms with Crippen molar-refractivity contribution in [3.63, 3.8) is 0 Å². The van der Waals surface area contributed by atoms with Gasteiger partial charge in [0, 0.05) is 137 Å². The summed E-state index contributed by atoms with van der Waals surface area (Å²) in [5, 5.41) is 107. The van der Waals surface area contributed by atoms with Crippen molar-refractivity contribution in [2.45, 2.75) is 313 Å². The first-order valence-electron chi connectivity index (χ1n) is 41.9. The number of carbonyl (C=O) groups excluding carboxylic acids is 9. The zero-order chi connectivity index (χ0) is 86.6. The third-order valence-electron chi connectivity index (χ3n) is 19.8. The molecule has 3 fully saturated rings. The molecule has 0 saturated carbocycles. The normalized spacial score (nSPS) is 23.9. The number of amides is 6. The number of Topliss-reactive ketones (excluding diaryl/α,β-unsaturated/α-hetero) is 3. The Morgan fingerprint density at radius 2 is 0.819 bits per heavy atom. The van der Waals surface area contributed by atoms with Crippen LogP contribution in [0.3, 0.4) is 0 Å². The minimum absolute atomic E-state index is 0.000279. The highest BCUT2D eigenvalue weighted by Crippen LogP contribution is 2.42. The number of methoxy groups -OCH3 is 1. The van der Waals surface area contributed by atoms with E-state index >= 15 is 0 Å². The van der Waals surface area contributed by atoms with Crippen LogP contribution in [0.2, 0.25) is 0 Å². The lowest BCUT2D eigenvalue weighted by Crippen LogP contribution is -2.64. The molecule has 37 nitrogen and oxygen atoms in total. The Hall–Kier alpha value is -4.78. The van der Waals surface area contributed by atoms with Crippen LogP contribution in [0.25, 0.3) is 0 Å². The van der Waals surface area contributed by atoms with Gasteiger partial charge in [0.2, 0.25) is 35.4 Å². The summed E-state index contributed by atoms with van der Waals surface area (Å²) in [5.41, 5.74) is 5.30. The molecule has 678 valence electrons. The molecule has 0 radical (unpaired) electrons. The second-order valence-electron chi connectivity index (χ2n) is 29.4. The molecule has 8 unspecified atom stereocenters. The van der Waals surface area contributed by atoms with E-state index in [4.69, 9.17) is 43.8 Å². The summed E-state index contributed by atoms with van der Waals surface area (Å²) in [6, 6.07) is -1.96. The smallest absolute Gasteiger partial charge is 0.394 e. The molecule has 0 aromatic heterocycles. The molecule has 3 saturated heterocycles. The van der Waals surface area contributed by atoms with Gasteiger partial charge in [0.25, 0.3) is 0 Å². The molecule has 116 heavy (non-hydrogen) atoms. The zero-order valence-electron chi connectivity index (χ0n) is 70.0. The second-order valence-corrected chi connectivity index (χ2v) is 30.9. The number of unbranched alkanes of at least 4 members (excludes halogenated alkanes) is 12. The number of aliphatic hydroxyl groups excluding tert-OH is 9. The van der Waals surface area contributed by atoms with Crippen molar-refractivity contribution in [1.29, 1.82) is 0 Å². The lowest BCUT2D eigenvalue weighted by Gasteiger charge is -2.42. The molecule has 0 aliphatic carbocycles. The Morgan fingerprint density at radius 3 is 1.28 bits per heavy atom. The van der Waals surface area contributed by atoms with Crippen molar-refractivity contribution in [1.82, 2.24) is 36.8 Å². The van der Waals surface area contributed by atoms with Crippen LogP contribution in [0.15, 0.2) is 0 Å². The van der Waals surface area contributed by atoms with Gasteiger partial charge in [-0.2, -0.15) is 0 Å². The molecular weight excluding hydrogens is 1540 g/mol. The van der Waals surface area contributed by atoms with Gasteiger partial charge in [-0.15, -0.1) is 0 Å². The van der Waals surface area contributed by atoms with E-state index in [1.54, 1.807) is 18.7 Å². The number of phosphoric ester groups is 1. The van der Waals surface area contributed by atoms with Gasteiger partial charge in [0.1, 0.15) is 66.1 Å². The summed E-state index contributed by atoms with van der Waals surface area (Å²) < 4.78 is 58.7. The third kappa shape index (κ3) is 48.6. The minimum Gasteiger partial charge on any atom is -0.394 e. The fraction of sp³-hybridized carbons (Fsp3) is 0.885. The first kappa shape index (κ1) is 109. The molecular formula is C78H147N8O29P. The third-order valence-corrected chi connectivity index (χ3v) is 20.8. The summed E-state index contributed by atoms with van der Waals surface area (Å²) in [7, 11) is -1.10. The van der Waals surface area contributed by atoms with Crippen molar-refractivity contribution >= 4 is 60.6 Å². The van der Waals surface area contributed by atoms with Crippen molar-refractivity contribution in [2.24, 2.45) is 17.6 Å². The van der Waals surface area contributed by atoms with Gasteiger partial charge in [0.15, 0.2) is 18.9 Å². The number of phosphoric acid groups is 1. The van der Waals surface area contributed by atoms with Crippen LogP contribution >= 0.6 is 7.82 Å². The van der Waals surface area contributed by atoms with Gasteiger partial charge in [-0.3, -0.25) is 57.1 Å². The monoisotopic (exact) mass is 1690 g/mol. The summed E-state index contributed by atoms with van der Waals surface area (Å²) >= 11 is 0. The first-order valence-corrected chi connectivity index (χ1v) is 43.4. The molecule has 3 aliphatic heterocycles. The quantitative estimate of drug-likeness (QED) is 0.0300. The molecule has 0 aromatic rings. The van der Waals surface area contributed by atoms with Crippen LogP contribution < -0.4 is 37.6 Å². The van der Waals surface area contributed by atoms with E-state index in [0.29, 0.717) is 129 Å². The predicted octanol–water partition coefficient (Wildman–Crippen LogP) is 1.17. The number of hydrogen-bond donors (Lipinski definition) is 17. The van der Waals surface area contributed by atoms with E-state index in [9.17, 15) is 93.7 Å². The topological polar surface area (TPSA) is 558 Å². The van der Waals surface area contributed by atoms with Crippen LogP contribution in [0, 0.1) is 11.8 Å². The van der Waals surface area contributed by atoms with E-state index in [2.05, 4.69) is 40.9 Å². The largest absolute Gasteiger partial charge is 0.471 e. The Balaban J connectivity index is 0.00000406. The summed E-state index contributed by atoms with van der Waals surface area (Å²) in [6.07, 6.45) is 0.758. The zero-order valence-corrected chi connectivity index (χ0v) is 70.9. The highest BCUT2D eigenvalue weighted by atomic mass is 31.2. The van der Waals surface area contributed by atoms with E-state index < -0.39 is 137 Å². The Morgan fingerprint density at radius 1 is 0.431 bits per heavy atom. The number of nitrogens with zero attached hydrogens (tertiary/aromatic N) is 1. The lowest BCUT2D eigenvalue weighted by molar-refractivity contribution is -0.282. The minimum atomic E-state index is -3.75. The standard InChI is InChI=1S/C69H123N7O25.C7H18NO4P.C2H6/c1-45-61(89)63(91)52(42-77)99-67(45)96-36-17-5-8-26-56(85)71-33-16-13-25-51(83)50(24-12-15-32-72-58(87)29-20-23-48(81)30-39-95-4)76(41-59(88)74-35-21-34-73-57(86)28-9-6-18-37-97-68-46(2)62(90)64(92)53(43-78)100-68)40-49(82)22-11-14-31-70-55(84)27-10-7-19-38-98-69-60(75-47(3)80)66(94)65(93)54(44-79)101-69;1-11-13(9,10)12-7-5-3-2-4-6-8;1-2/h45-46,50,52-54,60-69,77-79,89-94H,5-44H2,1-4H3,(H,70,84)(H,71,85)(H,72,87)(H,73,86)(H,74,88)(H,75,80);2-8H2,1H3,(H,9,10);1-2H3/t45?,46?,50?,52?,53?,54?,60?,61-,62-,63+,64+,65+,66-,67-,68-,69-;;/m1../s1.